The van der Waals surface area contributed by atoms with Gasteiger partial charge >= 0.3 is 0 Å². The average molecular weight is 433 g/mol. The summed E-state index contributed by atoms with van der Waals surface area (Å²) in [4.78, 5) is 28.2. The van der Waals surface area contributed by atoms with Gasteiger partial charge in [0.2, 0.25) is 0 Å². The van der Waals surface area contributed by atoms with Crippen LogP contribution in [0.15, 0.2) is 72.4 Å². The van der Waals surface area contributed by atoms with Crippen LogP contribution in [0.5, 0.6) is 5.75 Å². The molecule has 0 unspecified atom stereocenters. The van der Waals surface area contributed by atoms with Crippen LogP contribution in [0.2, 0.25) is 5.02 Å². The molecule has 2 amide bonds. The third-order valence-corrected chi connectivity index (χ3v) is 5.46. The number of aryl methyl sites for hydroxylation is 2. The van der Waals surface area contributed by atoms with Crippen molar-refractivity contribution in [3.63, 3.8) is 0 Å². The average Bonchev–Trinajstić information content (AvgIpc) is 2.99. The molecule has 1 heterocycles. The van der Waals surface area contributed by atoms with E-state index in [0.29, 0.717) is 33.3 Å². The second-order valence-corrected chi connectivity index (χ2v) is 7.73. The maximum Gasteiger partial charge on any atom is 0.282 e. The smallest absolute Gasteiger partial charge is 0.282 e. The fraction of sp³-hybridized carbons (Fsp3) is 0.120. The number of nitrogens with zero attached hydrogens (tertiary/aromatic N) is 1. The minimum Gasteiger partial charge on any atom is -0.495 e. The molecule has 6 heteroatoms. The SMILES string of the molecule is COc1ccc(NC2=C(c3ccccc3)C(=O)N(c3ccc(C)cc3C)C2=O)cc1Cl. The molecule has 0 saturated carbocycles. The summed E-state index contributed by atoms with van der Waals surface area (Å²) in [6.07, 6.45) is 0. The number of imide groups is 1. The van der Waals surface area contributed by atoms with E-state index in [1.165, 1.54) is 12.0 Å². The molecule has 0 radical (unpaired) electrons. The molecule has 1 aliphatic heterocycles. The van der Waals surface area contributed by atoms with Gasteiger partial charge in [0, 0.05) is 5.69 Å². The number of carbonyl (C=O) groups excluding carboxylic acids is 2. The number of ether oxygens (including phenoxy) is 1. The number of amides is 2. The molecule has 0 spiro atoms. The van der Waals surface area contributed by atoms with Gasteiger partial charge in [0.05, 0.1) is 23.4 Å². The molecule has 31 heavy (non-hydrogen) atoms. The van der Waals surface area contributed by atoms with Gasteiger partial charge in [0.25, 0.3) is 11.8 Å². The summed E-state index contributed by atoms with van der Waals surface area (Å²) in [6.45, 7) is 3.86. The normalized spacial score (nSPS) is 13.7. The van der Waals surface area contributed by atoms with Gasteiger partial charge in [-0.3, -0.25) is 9.59 Å². The van der Waals surface area contributed by atoms with E-state index >= 15 is 0 Å². The Morgan fingerprint density at radius 2 is 1.65 bits per heavy atom. The van der Waals surface area contributed by atoms with Gasteiger partial charge in [0.15, 0.2) is 0 Å². The van der Waals surface area contributed by atoms with E-state index in [-0.39, 0.29) is 11.6 Å². The number of hydrogen-bond acceptors (Lipinski definition) is 4. The quantitative estimate of drug-likeness (QED) is 0.551. The van der Waals surface area contributed by atoms with Crippen LogP contribution in [-0.2, 0) is 9.59 Å². The maximum absolute atomic E-state index is 13.5. The number of rotatable bonds is 5. The summed E-state index contributed by atoms with van der Waals surface area (Å²) in [6, 6.07) is 19.9. The number of halogens is 1. The second kappa shape index (κ2) is 8.28. The summed E-state index contributed by atoms with van der Waals surface area (Å²) < 4.78 is 5.20. The van der Waals surface area contributed by atoms with E-state index in [4.69, 9.17) is 16.3 Å². The van der Waals surface area contributed by atoms with Crippen molar-refractivity contribution in [1.29, 1.82) is 0 Å². The van der Waals surface area contributed by atoms with Crippen LogP contribution in [0.3, 0.4) is 0 Å². The largest absolute Gasteiger partial charge is 0.495 e. The first-order chi connectivity index (χ1) is 14.9. The number of hydrogen-bond donors (Lipinski definition) is 1. The van der Waals surface area contributed by atoms with Crippen molar-refractivity contribution >= 4 is 40.4 Å². The lowest BCUT2D eigenvalue weighted by Crippen LogP contribution is -2.33. The zero-order valence-corrected chi connectivity index (χ0v) is 18.2. The van der Waals surface area contributed by atoms with Crippen LogP contribution >= 0.6 is 11.6 Å². The van der Waals surface area contributed by atoms with E-state index < -0.39 is 5.91 Å². The van der Waals surface area contributed by atoms with Crippen LogP contribution in [0.4, 0.5) is 11.4 Å². The summed E-state index contributed by atoms with van der Waals surface area (Å²) >= 11 is 6.25. The van der Waals surface area contributed by atoms with Gasteiger partial charge in [0.1, 0.15) is 11.4 Å². The van der Waals surface area contributed by atoms with E-state index in [1.54, 1.807) is 24.3 Å². The molecular weight excluding hydrogens is 412 g/mol. The lowest BCUT2D eigenvalue weighted by Gasteiger charge is -2.18. The first kappa shape index (κ1) is 20.7. The Labute approximate surface area is 185 Å². The van der Waals surface area contributed by atoms with Gasteiger partial charge in [-0.1, -0.05) is 59.6 Å². The fourth-order valence-electron chi connectivity index (χ4n) is 3.68. The zero-order chi connectivity index (χ0) is 22.1. The van der Waals surface area contributed by atoms with Crippen LogP contribution in [-0.4, -0.2) is 18.9 Å². The lowest BCUT2D eigenvalue weighted by atomic mass is 10.0. The summed E-state index contributed by atoms with van der Waals surface area (Å²) in [5.74, 6) is -0.261. The molecule has 0 fully saturated rings. The Morgan fingerprint density at radius 3 is 2.29 bits per heavy atom. The van der Waals surface area contributed by atoms with E-state index in [0.717, 1.165) is 11.1 Å². The van der Waals surface area contributed by atoms with E-state index in [9.17, 15) is 9.59 Å². The van der Waals surface area contributed by atoms with Crippen molar-refractivity contribution in [2.24, 2.45) is 0 Å². The van der Waals surface area contributed by atoms with Crippen molar-refractivity contribution < 1.29 is 14.3 Å². The Hall–Kier alpha value is -3.57. The summed E-state index contributed by atoms with van der Waals surface area (Å²) in [5.41, 5.74) is 4.24. The highest BCUT2D eigenvalue weighted by Crippen LogP contribution is 2.36. The Morgan fingerprint density at radius 1 is 0.903 bits per heavy atom. The fourth-order valence-corrected chi connectivity index (χ4v) is 3.94. The highest BCUT2D eigenvalue weighted by molar-refractivity contribution is 6.46. The van der Waals surface area contributed by atoms with Gasteiger partial charge in [-0.25, -0.2) is 4.90 Å². The molecule has 0 saturated heterocycles. The van der Waals surface area contributed by atoms with Gasteiger partial charge in [-0.2, -0.15) is 0 Å². The molecule has 0 atom stereocenters. The van der Waals surface area contributed by atoms with Crippen LogP contribution in [0.1, 0.15) is 16.7 Å². The first-order valence-electron chi connectivity index (χ1n) is 9.77. The lowest BCUT2D eigenvalue weighted by molar-refractivity contribution is -0.120. The van der Waals surface area contributed by atoms with Crippen LogP contribution < -0.4 is 15.0 Å². The molecule has 4 rings (SSSR count). The Kier molecular flexibility index (Phi) is 5.53. The molecule has 3 aromatic rings. The van der Waals surface area contributed by atoms with Crippen molar-refractivity contribution in [2.75, 3.05) is 17.3 Å². The summed E-state index contributed by atoms with van der Waals surface area (Å²) in [7, 11) is 1.53. The molecule has 1 aliphatic rings. The molecule has 0 aromatic heterocycles. The minimum absolute atomic E-state index is 0.206. The Balaban J connectivity index is 1.82. The topological polar surface area (TPSA) is 58.6 Å². The van der Waals surface area contributed by atoms with E-state index in [1.807, 2.05) is 56.3 Å². The highest BCUT2D eigenvalue weighted by Gasteiger charge is 2.40. The predicted molar refractivity (Wildman–Crippen MR) is 123 cm³/mol. The highest BCUT2D eigenvalue weighted by atomic mass is 35.5. The third kappa shape index (κ3) is 3.80. The standard InChI is InChI=1S/C25H21ClN2O3/c1-15-9-11-20(16(2)13-15)28-24(29)22(17-7-5-4-6-8-17)23(25(28)30)27-18-10-12-21(31-3)19(26)14-18/h4-14,27H,1-3H3. The van der Waals surface area contributed by atoms with Crippen LogP contribution in [0, 0.1) is 13.8 Å². The number of anilines is 2. The molecule has 0 bridgehead atoms. The van der Waals surface area contributed by atoms with Crippen molar-refractivity contribution in [1.82, 2.24) is 0 Å². The number of nitrogens with one attached hydrogen (secondary N) is 1. The van der Waals surface area contributed by atoms with Crippen LogP contribution in [0.25, 0.3) is 5.57 Å². The number of benzene rings is 3. The van der Waals surface area contributed by atoms with Gasteiger partial charge < -0.3 is 10.1 Å². The number of methoxy groups -OCH3 is 1. The molecule has 1 N–H and O–H groups in total. The zero-order valence-electron chi connectivity index (χ0n) is 17.4. The monoisotopic (exact) mass is 432 g/mol. The third-order valence-electron chi connectivity index (χ3n) is 5.16. The van der Waals surface area contributed by atoms with Crippen molar-refractivity contribution in [3.05, 3.63) is 94.1 Å². The predicted octanol–water partition coefficient (Wildman–Crippen LogP) is 5.36. The first-order valence-corrected chi connectivity index (χ1v) is 10.1. The minimum atomic E-state index is -0.414. The van der Waals surface area contributed by atoms with Gasteiger partial charge in [-0.05, 0) is 49.2 Å². The van der Waals surface area contributed by atoms with Crippen molar-refractivity contribution in [3.8, 4) is 5.75 Å². The summed E-state index contributed by atoms with van der Waals surface area (Å²) in [5, 5.41) is 3.52. The molecular formula is C25H21ClN2O3. The van der Waals surface area contributed by atoms with Crippen molar-refractivity contribution in [2.45, 2.75) is 13.8 Å². The second-order valence-electron chi connectivity index (χ2n) is 7.33. The maximum atomic E-state index is 13.5. The molecule has 156 valence electrons. The molecule has 5 nitrogen and oxygen atoms in total. The molecule has 0 aliphatic carbocycles. The number of carbonyl (C=O) groups is 2. The Bertz CT molecular complexity index is 1220. The van der Waals surface area contributed by atoms with Gasteiger partial charge in [-0.15, -0.1) is 0 Å². The molecule has 3 aromatic carbocycles. The van der Waals surface area contributed by atoms with E-state index in [2.05, 4.69) is 5.32 Å².